The first kappa shape index (κ1) is 41.9. The molecule has 7 rings (SSSR count). The van der Waals surface area contributed by atoms with Crippen molar-refractivity contribution in [2.75, 3.05) is 19.8 Å². The van der Waals surface area contributed by atoms with Gasteiger partial charge in [0.2, 0.25) is 6.29 Å². The fourth-order valence-electron chi connectivity index (χ4n) is 13.4. The number of hydrogen-bond acceptors (Lipinski definition) is 14. The van der Waals surface area contributed by atoms with E-state index in [1.54, 1.807) is 0 Å². The van der Waals surface area contributed by atoms with Crippen LogP contribution in [0.15, 0.2) is 11.6 Å². The minimum Gasteiger partial charge on any atom is -0.432 e. The number of allylic oxidation sites excluding steroid dienone is 2. The monoisotopic (exact) mass is 782 g/mol. The Morgan fingerprint density at radius 3 is 2.16 bits per heavy atom. The third-order valence-electron chi connectivity index (χ3n) is 17.0. The van der Waals surface area contributed by atoms with E-state index < -0.39 is 96.3 Å². The largest absolute Gasteiger partial charge is 0.432 e. The first-order valence-electron chi connectivity index (χ1n) is 20.5. The van der Waals surface area contributed by atoms with Crippen LogP contribution in [0.2, 0.25) is 0 Å². The standard InChI is InChI=1S/C41H66O14/c1-36(2)13-14-41(35(51)55-34-32(50)30(48)29(47)23(17-42)53-34)21(15-36)20-7-8-25-37(3)11-10-27(54-33-31(49)28(46)22(44)18-52-33)38(4,19-43)24(37)9-12-39(25,5)40(20,6)16-26(41)45/h7,21-34,42-50H,8-19H2,1-6H3/t21-,22-,23+,24+,25-,26+,27-,28-,29+,30-,31+,32+,33-,34-,37-,38-,39+,40+,41+/m0/s1. The summed E-state index contributed by atoms with van der Waals surface area (Å²) in [6, 6.07) is 0. The lowest BCUT2D eigenvalue weighted by atomic mass is 9.33. The highest BCUT2D eigenvalue weighted by molar-refractivity contribution is 5.80. The van der Waals surface area contributed by atoms with E-state index in [-0.39, 0.29) is 47.2 Å². The molecule has 6 fully saturated rings. The van der Waals surface area contributed by atoms with E-state index in [1.807, 2.05) is 6.92 Å². The molecular weight excluding hydrogens is 716 g/mol. The van der Waals surface area contributed by atoms with Crippen LogP contribution >= 0.6 is 0 Å². The maximum atomic E-state index is 14.6. The number of esters is 1. The molecular formula is C41H66O14. The van der Waals surface area contributed by atoms with E-state index in [1.165, 1.54) is 0 Å². The molecule has 19 atom stereocenters. The minimum atomic E-state index is -1.75. The summed E-state index contributed by atoms with van der Waals surface area (Å²) in [5.41, 5.74) is -2.10. The van der Waals surface area contributed by atoms with Crippen LogP contribution in [0, 0.1) is 50.2 Å². The molecule has 5 aliphatic carbocycles. The molecule has 0 aromatic heterocycles. The molecule has 14 nitrogen and oxygen atoms in total. The molecule has 4 saturated carbocycles. The molecule has 0 amide bonds. The van der Waals surface area contributed by atoms with Crippen molar-refractivity contribution >= 4 is 5.97 Å². The van der Waals surface area contributed by atoms with Gasteiger partial charge in [0, 0.05) is 5.41 Å². The second-order valence-corrected chi connectivity index (χ2v) is 20.2. The summed E-state index contributed by atoms with van der Waals surface area (Å²) in [6.07, 6.45) is -6.79. The Morgan fingerprint density at radius 1 is 0.800 bits per heavy atom. The van der Waals surface area contributed by atoms with Gasteiger partial charge in [0.25, 0.3) is 0 Å². The summed E-state index contributed by atoms with van der Waals surface area (Å²) in [6.45, 7) is 12.3. The molecule has 2 aliphatic heterocycles. The van der Waals surface area contributed by atoms with Crippen molar-refractivity contribution in [2.45, 2.75) is 167 Å². The quantitative estimate of drug-likeness (QED) is 0.104. The lowest BCUT2D eigenvalue weighted by Gasteiger charge is -2.72. The van der Waals surface area contributed by atoms with Crippen LogP contribution in [0.25, 0.3) is 0 Å². The lowest BCUT2D eigenvalue weighted by molar-refractivity contribution is -0.313. The number of aliphatic hydroxyl groups excluding tert-OH is 9. The van der Waals surface area contributed by atoms with Crippen molar-refractivity contribution < 1.29 is 69.7 Å². The van der Waals surface area contributed by atoms with E-state index in [0.717, 1.165) is 31.3 Å². The average Bonchev–Trinajstić information content (AvgIpc) is 3.13. The van der Waals surface area contributed by atoms with Crippen molar-refractivity contribution in [1.29, 1.82) is 0 Å². The Labute approximate surface area is 323 Å². The number of carbonyl (C=O) groups excluding carboxylic acids is 1. The zero-order valence-electron chi connectivity index (χ0n) is 33.2. The van der Waals surface area contributed by atoms with Gasteiger partial charge in [-0.15, -0.1) is 0 Å². The average molecular weight is 783 g/mol. The number of ether oxygens (including phenoxy) is 4. The van der Waals surface area contributed by atoms with E-state index in [2.05, 4.69) is 40.7 Å². The molecule has 0 aromatic carbocycles. The van der Waals surface area contributed by atoms with Crippen molar-refractivity contribution in [3.8, 4) is 0 Å². The van der Waals surface area contributed by atoms with E-state index in [9.17, 15) is 50.8 Å². The molecule has 0 spiro atoms. The Morgan fingerprint density at radius 2 is 1.49 bits per heavy atom. The van der Waals surface area contributed by atoms with Gasteiger partial charge in [-0.3, -0.25) is 4.79 Å². The van der Waals surface area contributed by atoms with Gasteiger partial charge in [0.1, 0.15) is 48.1 Å². The fourth-order valence-corrected chi connectivity index (χ4v) is 13.4. The fraction of sp³-hybridized carbons (Fsp3) is 0.927. The number of fused-ring (bicyclic) bond motifs is 7. The van der Waals surface area contributed by atoms with Crippen LogP contribution in [0.4, 0.5) is 0 Å². The SMILES string of the molecule is CC1(C)CC[C@]2(C(=O)O[C@@H]3O[C@H](CO)[C@@H](O)[C@H](O)[C@H]3O)[C@H](O)C[C@]3(C)C(=CC[C@H]4[C@@]5(C)CC[C@H](O[C@@H]6OC[C@H](O)[C@H](O)[C@H]6O)[C@@](C)(CO)[C@@H]5CC[C@]43C)[C@@H]2C1. The van der Waals surface area contributed by atoms with Gasteiger partial charge in [-0.2, -0.15) is 0 Å². The molecule has 0 radical (unpaired) electrons. The van der Waals surface area contributed by atoms with E-state index in [4.69, 9.17) is 18.9 Å². The molecule has 55 heavy (non-hydrogen) atoms. The highest BCUT2D eigenvalue weighted by Gasteiger charge is 2.72. The van der Waals surface area contributed by atoms with Crippen molar-refractivity contribution in [3.63, 3.8) is 0 Å². The molecule has 7 aliphatic rings. The van der Waals surface area contributed by atoms with Gasteiger partial charge in [0.05, 0.1) is 32.0 Å². The summed E-state index contributed by atoms with van der Waals surface area (Å²) in [5.74, 6) is -0.910. The lowest BCUT2D eigenvalue weighted by Crippen LogP contribution is -2.69. The maximum absolute atomic E-state index is 14.6. The molecule has 14 heteroatoms. The van der Waals surface area contributed by atoms with Crippen molar-refractivity contribution in [2.24, 2.45) is 50.2 Å². The van der Waals surface area contributed by atoms with Crippen LogP contribution in [-0.4, -0.2) is 139 Å². The highest BCUT2D eigenvalue weighted by atomic mass is 16.7. The van der Waals surface area contributed by atoms with Crippen LogP contribution < -0.4 is 0 Å². The predicted molar refractivity (Wildman–Crippen MR) is 194 cm³/mol. The second kappa shape index (κ2) is 14.2. The van der Waals surface area contributed by atoms with Gasteiger partial charge < -0.3 is 64.9 Å². The molecule has 9 N–H and O–H groups in total. The summed E-state index contributed by atoms with van der Waals surface area (Å²) in [7, 11) is 0. The van der Waals surface area contributed by atoms with Gasteiger partial charge in [-0.05, 0) is 97.2 Å². The molecule has 2 heterocycles. The highest BCUT2D eigenvalue weighted by Crippen LogP contribution is 2.76. The third kappa shape index (κ3) is 6.05. The van der Waals surface area contributed by atoms with Crippen LogP contribution in [0.3, 0.4) is 0 Å². The zero-order valence-corrected chi connectivity index (χ0v) is 33.2. The molecule has 0 bridgehead atoms. The zero-order chi connectivity index (χ0) is 40.3. The van der Waals surface area contributed by atoms with Crippen LogP contribution in [-0.2, 0) is 23.7 Å². The topological polar surface area (TPSA) is 236 Å². The molecule has 2 saturated heterocycles. The third-order valence-corrected chi connectivity index (χ3v) is 17.0. The van der Waals surface area contributed by atoms with Crippen molar-refractivity contribution in [3.05, 3.63) is 11.6 Å². The minimum absolute atomic E-state index is 0.0337. The first-order valence-corrected chi connectivity index (χ1v) is 20.5. The normalized spacial score (nSPS) is 54.9. The summed E-state index contributed by atoms with van der Waals surface area (Å²) in [5, 5.41) is 95.9. The Bertz CT molecular complexity index is 1490. The Balaban J connectivity index is 1.20. The number of hydrogen-bond donors (Lipinski definition) is 9. The predicted octanol–water partition coefficient (Wildman–Crippen LogP) is 0.899. The number of aliphatic hydroxyl groups is 9. The van der Waals surface area contributed by atoms with E-state index in [0.29, 0.717) is 32.1 Å². The maximum Gasteiger partial charge on any atom is 0.317 e. The molecule has 0 unspecified atom stereocenters. The summed E-state index contributed by atoms with van der Waals surface area (Å²) in [4.78, 5) is 14.6. The Hall–Kier alpha value is -1.27. The Kier molecular flexibility index (Phi) is 10.8. The number of rotatable bonds is 6. The molecule has 0 aromatic rings. The molecule has 314 valence electrons. The van der Waals surface area contributed by atoms with Gasteiger partial charge >= 0.3 is 5.97 Å². The van der Waals surface area contributed by atoms with Crippen LogP contribution in [0.1, 0.15) is 99.3 Å². The summed E-state index contributed by atoms with van der Waals surface area (Å²) >= 11 is 0. The van der Waals surface area contributed by atoms with Crippen molar-refractivity contribution in [1.82, 2.24) is 0 Å². The summed E-state index contributed by atoms with van der Waals surface area (Å²) < 4.78 is 23.5. The van der Waals surface area contributed by atoms with E-state index >= 15 is 0 Å². The van der Waals surface area contributed by atoms with Gasteiger partial charge in [-0.1, -0.05) is 53.2 Å². The van der Waals surface area contributed by atoms with Crippen LogP contribution in [0.5, 0.6) is 0 Å². The van der Waals surface area contributed by atoms with Gasteiger partial charge in [-0.25, -0.2) is 0 Å². The number of carbonyl (C=O) groups is 1. The first-order chi connectivity index (χ1) is 25.6. The van der Waals surface area contributed by atoms with Gasteiger partial charge in [0.15, 0.2) is 6.29 Å². The second-order valence-electron chi connectivity index (χ2n) is 20.2. The smallest absolute Gasteiger partial charge is 0.317 e.